The first-order valence-electron chi connectivity index (χ1n) is 4.88. The number of Topliss-reactive ketones (excluding diaryl/α,β-unsaturated/α-hetero) is 1. The fourth-order valence-electron chi connectivity index (χ4n) is 1.29. The lowest BCUT2D eigenvalue weighted by molar-refractivity contribution is -0.122. The number of ether oxygens (including phenoxy) is 1. The standard InChI is InChI=1S/C11H9BrCl2O2/c12-7-3-9(14)11(4-8(7)13)16-5-10(15)6-1-2-6/h3-4,6H,1-2,5H2. The molecule has 0 aromatic heterocycles. The van der Waals surface area contributed by atoms with Gasteiger partial charge in [0.25, 0.3) is 0 Å². The van der Waals surface area contributed by atoms with Crippen molar-refractivity contribution in [3.05, 3.63) is 26.7 Å². The molecule has 0 amide bonds. The van der Waals surface area contributed by atoms with Crippen LogP contribution in [0.3, 0.4) is 0 Å². The van der Waals surface area contributed by atoms with E-state index in [0.717, 1.165) is 12.8 Å². The van der Waals surface area contributed by atoms with Crippen LogP contribution >= 0.6 is 39.1 Å². The molecule has 1 aliphatic rings. The Morgan fingerprint density at radius 1 is 1.38 bits per heavy atom. The number of halogens is 3. The Morgan fingerprint density at radius 2 is 2.06 bits per heavy atom. The quantitative estimate of drug-likeness (QED) is 0.779. The third-order valence-electron chi connectivity index (χ3n) is 2.38. The number of hydrogen-bond donors (Lipinski definition) is 0. The Morgan fingerprint density at radius 3 is 2.69 bits per heavy atom. The highest BCUT2D eigenvalue weighted by Crippen LogP contribution is 2.35. The summed E-state index contributed by atoms with van der Waals surface area (Å²) in [6, 6.07) is 3.26. The van der Waals surface area contributed by atoms with E-state index >= 15 is 0 Å². The monoisotopic (exact) mass is 322 g/mol. The summed E-state index contributed by atoms with van der Waals surface area (Å²) in [6.45, 7) is 0.0718. The lowest BCUT2D eigenvalue weighted by Gasteiger charge is -2.08. The van der Waals surface area contributed by atoms with Gasteiger partial charge in [0.1, 0.15) is 12.4 Å². The number of ketones is 1. The summed E-state index contributed by atoms with van der Waals surface area (Å²) in [5.74, 6) is 0.781. The van der Waals surface area contributed by atoms with Crippen LogP contribution in [0.1, 0.15) is 12.8 Å². The van der Waals surface area contributed by atoms with Crippen LogP contribution in [0.5, 0.6) is 5.75 Å². The molecule has 0 heterocycles. The van der Waals surface area contributed by atoms with Crippen molar-refractivity contribution in [2.75, 3.05) is 6.61 Å². The minimum absolute atomic E-state index is 0.0718. The minimum Gasteiger partial charge on any atom is -0.484 e. The zero-order chi connectivity index (χ0) is 11.7. The second-order valence-electron chi connectivity index (χ2n) is 3.73. The fourth-order valence-corrected chi connectivity index (χ4v) is 2.13. The molecule has 0 aliphatic heterocycles. The van der Waals surface area contributed by atoms with Crippen LogP contribution in [0.15, 0.2) is 16.6 Å². The Kier molecular flexibility index (Phi) is 3.77. The summed E-state index contributed by atoms with van der Waals surface area (Å²) in [5.41, 5.74) is 0. The molecule has 0 spiro atoms. The third kappa shape index (κ3) is 2.90. The predicted molar refractivity (Wildman–Crippen MR) is 67.4 cm³/mol. The number of carbonyl (C=O) groups is 1. The number of rotatable bonds is 4. The van der Waals surface area contributed by atoms with E-state index in [1.807, 2.05) is 0 Å². The summed E-state index contributed by atoms with van der Waals surface area (Å²) < 4.78 is 6.06. The van der Waals surface area contributed by atoms with Gasteiger partial charge < -0.3 is 4.74 Å². The van der Waals surface area contributed by atoms with Gasteiger partial charge in [-0.15, -0.1) is 0 Å². The summed E-state index contributed by atoms with van der Waals surface area (Å²) >= 11 is 15.1. The van der Waals surface area contributed by atoms with Crippen LogP contribution in [-0.4, -0.2) is 12.4 Å². The van der Waals surface area contributed by atoms with Gasteiger partial charge in [-0.1, -0.05) is 23.2 Å². The molecule has 0 N–H and O–H groups in total. The van der Waals surface area contributed by atoms with Gasteiger partial charge in [0, 0.05) is 16.5 Å². The molecule has 1 fully saturated rings. The van der Waals surface area contributed by atoms with Gasteiger partial charge in [-0.2, -0.15) is 0 Å². The van der Waals surface area contributed by atoms with Gasteiger partial charge in [-0.3, -0.25) is 4.79 Å². The molecule has 2 rings (SSSR count). The zero-order valence-corrected chi connectivity index (χ0v) is 11.4. The van der Waals surface area contributed by atoms with Crippen molar-refractivity contribution in [3.63, 3.8) is 0 Å². The molecular weight excluding hydrogens is 315 g/mol. The first-order valence-corrected chi connectivity index (χ1v) is 6.43. The molecule has 0 atom stereocenters. The lowest BCUT2D eigenvalue weighted by Crippen LogP contribution is -2.12. The predicted octanol–water partition coefficient (Wildman–Crippen LogP) is 4.11. The number of benzene rings is 1. The average molecular weight is 324 g/mol. The molecule has 0 saturated heterocycles. The molecule has 1 aliphatic carbocycles. The Labute approximate surface area is 112 Å². The van der Waals surface area contributed by atoms with E-state index in [2.05, 4.69) is 15.9 Å². The molecule has 5 heteroatoms. The van der Waals surface area contributed by atoms with E-state index < -0.39 is 0 Å². The van der Waals surface area contributed by atoms with Gasteiger partial charge in [-0.05, 0) is 34.8 Å². The van der Waals surface area contributed by atoms with Gasteiger partial charge in [-0.25, -0.2) is 0 Å². The SMILES string of the molecule is O=C(COc1cc(Cl)c(Br)cc1Cl)C1CC1. The smallest absolute Gasteiger partial charge is 0.173 e. The van der Waals surface area contributed by atoms with Crippen LogP contribution < -0.4 is 4.74 Å². The highest BCUT2D eigenvalue weighted by Gasteiger charge is 2.29. The van der Waals surface area contributed by atoms with Crippen molar-refractivity contribution < 1.29 is 9.53 Å². The van der Waals surface area contributed by atoms with E-state index in [-0.39, 0.29) is 18.3 Å². The van der Waals surface area contributed by atoms with Crippen molar-refractivity contribution in [3.8, 4) is 5.75 Å². The van der Waals surface area contributed by atoms with Crippen LogP contribution in [0, 0.1) is 5.92 Å². The van der Waals surface area contributed by atoms with Crippen LogP contribution in [0.4, 0.5) is 0 Å². The molecule has 1 saturated carbocycles. The maximum absolute atomic E-state index is 11.4. The lowest BCUT2D eigenvalue weighted by atomic mass is 10.3. The largest absolute Gasteiger partial charge is 0.484 e. The summed E-state index contributed by atoms with van der Waals surface area (Å²) in [6.07, 6.45) is 1.97. The van der Waals surface area contributed by atoms with Gasteiger partial charge in [0.15, 0.2) is 5.78 Å². The Hall–Kier alpha value is -0.250. The molecule has 0 radical (unpaired) electrons. The molecule has 86 valence electrons. The van der Waals surface area contributed by atoms with Gasteiger partial charge in [0.2, 0.25) is 0 Å². The summed E-state index contributed by atoms with van der Waals surface area (Å²) in [7, 11) is 0. The van der Waals surface area contributed by atoms with E-state index in [1.54, 1.807) is 12.1 Å². The maximum Gasteiger partial charge on any atom is 0.173 e. The average Bonchev–Trinajstić information content (AvgIpc) is 3.04. The van der Waals surface area contributed by atoms with E-state index in [9.17, 15) is 4.79 Å². The molecular formula is C11H9BrCl2O2. The molecule has 1 aromatic rings. The summed E-state index contributed by atoms with van der Waals surface area (Å²) in [5, 5.41) is 0.957. The van der Waals surface area contributed by atoms with Crippen molar-refractivity contribution in [2.45, 2.75) is 12.8 Å². The van der Waals surface area contributed by atoms with E-state index in [1.165, 1.54) is 0 Å². The molecule has 0 unspecified atom stereocenters. The maximum atomic E-state index is 11.4. The molecule has 2 nitrogen and oxygen atoms in total. The molecule has 0 bridgehead atoms. The van der Waals surface area contributed by atoms with Crippen LogP contribution in [0.2, 0.25) is 10.0 Å². The van der Waals surface area contributed by atoms with E-state index in [4.69, 9.17) is 27.9 Å². The second-order valence-corrected chi connectivity index (χ2v) is 5.39. The number of hydrogen-bond acceptors (Lipinski definition) is 2. The minimum atomic E-state index is 0.0718. The van der Waals surface area contributed by atoms with Crippen molar-refractivity contribution in [1.82, 2.24) is 0 Å². The Bertz CT molecular complexity index is 430. The Balaban J connectivity index is 2.03. The molecule has 1 aromatic carbocycles. The fraction of sp³-hybridized carbons (Fsp3) is 0.364. The summed E-state index contributed by atoms with van der Waals surface area (Å²) in [4.78, 5) is 11.4. The first-order chi connectivity index (χ1) is 7.58. The second kappa shape index (κ2) is 4.94. The van der Waals surface area contributed by atoms with E-state index in [0.29, 0.717) is 20.3 Å². The van der Waals surface area contributed by atoms with Crippen molar-refractivity contribution >= 4 is 44.9 Å². The molecule has 16 heavy (non-hydrogen) atoms. The number of carbonyl (C=O) groups excluding carboxylic acids is 1. The van der Waals surface area contributed by atoms with Gasteiger partial charge in [0.05, 0.1) is 10.0 Å². The van der Waals surface area contributed by atoms with Crippen molar-refractivity contribution in [1.29, 1.82) is 0 Å². The highest BCUT2D eigenvalue weighted by atomic mass is 79.9. The first kappa shape index (κ1) is 12.2. The zero-order valence-electron chi connectivity index (χ0n) is 8.30. The van der Waals surface area contributed by atoms with Gasteiger partial charge >= 0.3 is 0 Å². The highest BCUT2D eigenvalue weighted by molar-refractivity contribution is 9.10. The normalized spacial score (nSPS) is 14.9. The van der Waals surface area contributed by atoms with Crippen molar-refractivity contribution in [2.24, 2.45) is 5.92 Å². The topological polar surface area (TPSA) is 26.3 Å². The third-order valence-corrected chi connectivity index (χ3v) is 3.87. The van der Waals surface area contributed by atoms with Crippen LogP contribution in [0.25, 0.3) is 0 Å². The van der Waals surface area contributed by atoms with Crippen LogP contribution in [-0.2, 0) is 4.79 Å².